The predicted octanol–water partition coefficient (Wildman–Crippen LogP) is 2.57. The summed E-state index contributed by atoms with van der Waals surface area (Å²) in [5, 5.41) is 14.0. The second kappa shape index (κ2) is 6.43. The van der Waals surface area contributed by atoms with Gasteiger partial charge >= 0.3 is 5.69 Å². The minimum Gasteiger partial charge on any atom is -0.313 e. The van der Waals surface area contributed by atoms with E-state index < -0.39 is 11.2 Å². The maximum Gasteiger partial charge on any atom is 0.325 e. The molecule has 1 aliphatic carbocycles. The highest BCUT2D eigenvalue weighted by Gasteiger charge is 2.41. The molecule has 1 saturated carbocycles. The first kappa shape index (κ1) is 17.4. The first-order valence-corrected chi connectivity index (χ1v) is 9.29. The van der Waals surface area contributed by atoms with Crippen LogP contribution in [-0.4, -0.2) is 24.6 Å². The fraction of sp³-hybridized carbons (Fsp3) is 0.150. The third-order valence-electron chi connectivity index (χ3n) is 5.21. The van der Waals surface area contributed by atoms with Crippen LogP contribution in [0, 0.1) is 11.3 Å². The molecule has 0 saturated heterocycles. The number of fused-ring (bicyclic) bond motifs is 1. The Balaban J connectivity index is 1.58. The van der Waals surface area contributed by atoms with Crippen LogP contribution < -0.4 is 11.2 Å². The van der Waals surface area contributed by atoms with E-state index in [9.17, 15) is 9.59 Å². The molecule has 1 aromatic carbocycles. The summed E-state index contributed by atoms with van der Waals surface area (Å²) >= 11 is 6.19. The van der Waals surface area contributed by atoms with Gasteiger partial charge in [0.05, 0.1) is 21.8 Å². The number of nitrogens with zero attached hydrogens (tertiary/aromatic N) is 4. The largest absolute Gasteiger partial charge is 0.325 e. The lowest BCUT2D eigenvalue weighted by atomic mass is 10.0. The molecule has 2 atom stereocenters. The van der Waals surface area contributed by atoms with E-state index in [4.69, 9.17) is 16.9 Å². The molecule has 0 radical (unpaired) electrons. The van der Waals surface area contributed by atoms with E-state index in [0.29, 0.717) is 16.3 Å². The third-order valence-corrected chi connectivity index (χ3v) is 5.53. The molecule has 0 amide bonds. The van der Waals surface area contributed by atoms with Gasteiger partial charge in [-0.25, -0.2) is 14.3 Å². The maximum absolute atomic E-state index is 12.2. The number of halogens is 1. The molecule has 1 aliphatic rings. The van der Waals surface area contributed by atoms with Crippen molar-refractivity contribution in [3.63, 3.8) is 0 Å². The summed E-state index contributed by atoms with van der Waals surface area (Å²) in [4.78, 5) is 32.7. The van der Waals surface area contributed by atoms with Gasteiger partial charge in [-0.05, 0) is 42.0 Å². The van der Waals surface area contributed by atoms with Crippen LogP contribution in [0.5, 0.6) is 0 Å². The van der Waals surface area contributed by atoms with Crippen LogP contribution in [0.1, 0.15) is 34.9 Å². The van der Waals surface area contributed by atoms with E-state index in [2.05, 4.69) is 26.1 Å². The maximum atomic E-state index is 12.2. The van der Waals surface area contributed by atoms with Gasteiger partial charge in [0.2, 0.25) is 0 Å². The first-order valence-electron chi connectivity index (χ1n) is 8.91. The number of nitrogens with one attached hydrogen (secondary N) is 2. The zero-order valence-corrected chi connectivity index (χ0v) is 15.6. The van der Waals surface area contributed by atoms with E-state index in [0.717, 1.165) is 23.2 Å². The van der Waals surface area contributed by atoms with Gasteiger partial charge in [-0.3, -0.25) is 9.78 Å². The van der Waals surface area contributed by atoms with Crippen molar-refractivity contribution in [3.05, 3.63) is 85.4 Å². The molecule has 5 rings (SSSR count). The van der Waals surface area contributed by atoms with E-state index in [-0.39, 0.29) is 17.4 Å². The Morgan fingerprint density at radius 1 is 1.24 bits per heavy atom. The smallest absolute Gasteiger partial charge is 0.313 e. The molecule has 0 aliphatic heterocycles. The van der Waals surface area contributed by atoms with Crippen LogP contribution in [0.15, 0.2) is 52.4 Å². The number of nitriles is 1. The molecule has 4 aromatic rings. The van der Waals surface area contributed by atoms with Gasteiger partial charge in [-0.2, -0.15) is 10.4 Å². The predicted molar refractivity (Wildman–Crippen MR) is 106 cm³/mol. The monoisotopic (exact) mass is 404 g/mol. The van der Waals surface area contributed by atoms with E-state index in [1.54, 1.807) is 23.0 Å². The van der Waals surface area contributed by atoms with E-state index >= 15 is 0 Å². The average Bonchev–Trinajstić information content (AvgIpc) is 3.36. The van der Waals surface area contributed by atoms with Gasteiger partial charge < -0.3 is 4.98 Å². The summed E-state index contributed by atoms with van der Waals surface area (Å²) in [5.41, 5.74) is 2.86. The Bertz CT molecular complexity index is 1430. The zero-order chi connectivity index (χ0) is 20.1. The Kier molecular flexibility index (Phi) is 3.86. The van der Waals surface area contributed by atoms with Crippen LogP contribution in [-0.2, 0) is 0 Å². The lowest BCUT2D eigenvalue weighted by Crippen LogP contribution is -2.23. The number of benzene rings is 1. The SMILES string of the molecule is N#Cc1ccc([C@H]2C[C@@H]2c2cc(-c3c[nH]c(=O)[nH]c3=O)nn3ccnc23)cc1Cl. The highest BCUT2D eigenvalue weighted by atomic mass is 35.5. The van der Waals surface area contributed by atoms with Gasteiger partial charge in [0.15, 0.2) is 5.65 Å². The molecule has 0 spiro atoms. The van der Waals surface area contributed by atoms with Crippen LogP contribution in [0.4, 0.5) is 0 Å². The summed E-state index contributed by atoms with van der Waals surface area (Å²) in [6.45, 7) is 0. The number of aromatic nitrogens is 5. The van der Waals surface area contributed by atoms with E-state index in [1.807, 2.05) is 18.2 Å². The van der Waals surface area contributed by atoms with Crippen molar-refractivity contribution >= 4 is 17.2 Å². The van der Waals surface area contributed by atoms with Crippen molar-refractivity contribution in [2.45, 2.75) is 18.3 Å². The van der Waals surface area contributed by atoms with Crippen LogP contribution in [0.2, 0.25) is 5.02 Å². The molecule has 8 nitrogen and oxygen atoms in total. The number of aromatic amines is 2. The molecule has 2 N–H and O–H groups in total. The molecular formula is C20H13ClN6O2. The molecule has 3 aromatic heterocycles. The Labute approximate surface area is 168 Å². The van der Waals surface area contributed by atoms with Gasteiger partial charge in [0.25, 0.3) is 5.56 Å². The number of rotatable bonds is 3. The first-order chi connectivity index (χ1) is 14.0. The number of imidazole rings is 1. The number of H-pyrrole nitrogens is 2. The quantitative estimate of drug-likeness (QED) is 0.543. The normalized spacial score (nSPS) is 17.9. The fourth-order valence-corrected chi connectivity index (χ4v) is 3.94. The molecule has 3 heterocycles. The highest BCUT2D eigenvalue weighted by molar-refractivity contribution is 6.31. The van der Waals surface area contributed by atoms with Crippen molar-refractivity contribution in [3.8, 4) is 17.3 Å². The van der Waals surface area contributed by atoms with Gasteiger partial charge in [-0.15, -0.1) is 0 Å². The Morgan fingerprint density at radius 3 is 2.86 bits per heavy atom. The summed E-state index contributed by atoms with van der Waals surface area (Å²) in [6.07, 6.45) is 5.64. The Morgan fingerprint density at radius 2 is 2.10 bits per heavy atom. The Hall–Kier alpha value is -3.70. The highest BCUT2D eigenvalue weighted by Crippen LogP contribution is 2.56. The van der Waals surface area contributed by atoms with Crippen molar-refractivity contribution in [2.75, 3.05) is 0 Å². The number of hydrogen-bond donors (Lipinski definition) is 2. The zero-order valence-electron chi connectivity index (χ0n) is 14.9. The fourth-order valence-electron chi connectivity index (χ4n) is 3.71. The van der Waals surface area contributed by atoms with Crippen LogP contribution >= 0.6 is 11.6 Å². The van der Waals surface area contributed by atoms with Gasteiger partial charge in [-0.1, -0.05) is 17.7 Å². The minimum atomic E-state index is -0.567. The van der Waals surface area contributed by atoms with Crippen molar-refractivity contribution in [2.24, 2.45) is 0 Å². The minimum absolute atomic E-state index is 0.187. The average molecular weight is 405 g/mol. The van der Waals surface area contributed by atoms with Crippen LogP contribution in [0.25, 0.3) is 16.9 Å². The molecule has 9 heteroatoms. The molecular weight excluding hydrogens is 392 g/mol. The molecule has 0 bridgehead atoms. The number of hydrogen-bond acceptors (Lipinski definition) is 5. The summed E-state index contributed by atoms with van der Waals surface area (Å²) in [5.74, 6) is 0.428. The summed E-state index contributed by atoms with van der Waals surface area (Å²) in [6, 6.07) is 9.41. The molecule has 142 valence electrons. The summed E-state index contributed by atoms with van der Waals surface area (Å²) < 4.78 is 1.64. The molecule has 1 fully saturated rings. The standard InChI is InChI=1S/C20H13ClN6O2/c21-16-5-10(1-2-11(16)8-22)12-6-13(12)14-7-17(26-27-4-3-23-18(14)27)15-9-24-20(29)25-19(15)28/h1-5,7,9,12-13H,6H2,(H2,24,25,28,29)/t12-,13+/m1/s1. The van der Waals surface area contributed by atoms with Crippen molar-refractivity contribution in [1.82, 2.24) is 24.6 Å². The van der Waals surface area contributed by atoms with Gasteiger partial charge in [0, 0.05) is 24.2 Å². The molecule has 29 heavy (non-hydrogen) atoms. The third kappa shape index (κ3) is 2.92. The topological polar surface area (TPSA) is 120 Å². The van der Waals surface area contributed by atoms with Crippen molar-refractivity contribution in [1.29, 1.82) is 5.26 Å². The lowest BCUT2D eigenvalue weighted by Gasteiger charge is -2.08. The summed E-state index contributed by atoms with van der Waals surface area (Å²) in [7, 11) is 0. The second-order valence-electron chi connectivity index (χ2n) is 6.97. The van der Waals surface area contributed by atoms with E-state index in [1.165, 1.54) is 6.20 Å². The molecule has 0 unspecified atom stereocenters. The second-order valence-corrected chi connectivity index (χ2v) is 7.37. The lowest BCUT2D eigenvalue weighted by molar-refractivity contribution is 0.906. The van der Waals surface area contributed by atoms with Crippen LogP contribution in [0.3, 0.4) is 0 Å². The van der Waals surface area contributed by atoms with Crippen molar-refractivity contribution < 1.29 is 0 Å². The van der Waals surface area contributed by atoms with Gasteiger partial charge in [0.1, 0.15) is 6.07 Å².